The SMILES string of the molecule is Cc1cc(=O)oc2cc(NC(=O)c3cnn(-c4ccccc4)c3C(F)(F)F)ccc12. The molecule has 2 aromatic heterocycles. The van der Waals surface area contributed by atoms with Crippen molar-refractivity contribution < 1.29 is 22.4 Å². The highest BCUT2D eigenvalue weighted by Crippen LogP contribution is 2.34. The predicted octanol–water partition coefficient (Wildman–Crippen LogP) is 4.56. The molecule has 0 fully saturated rings. The minimum Gasteiger partial charge on any atom is -0.423 e. The van der Waals surface area contributed by atoms with Gasteiger partial charge < -0.3 is 9.73 Å². The summed E-state index contributed by atoms with van der Waals surface area (Å²) in [5.74, 6) is -0.987. The van der Waals surface area contributed by atoms with Crippen molar-refractivity contribution >= 4 is 22.6 Å². The first-order valence-corrected chi connectivity index (χ1v) is 8.80. The normalized spacial score (nSPS) is 11.6. The number of halogens is 3. The minimum atomic E-state index is -4.81. The van der Waals surface area contributed by atoms with Crippen LogP contribution in [0, 0.1) is 6.92 Å². The summed E-state index contributed by atoms with van der Waals surface area (Å²) in [4.78, 5) is 24.2. The standard InChI is InChI=1S/C21H14F3N3O3/c1-12-9-18(28)30-17-10-13(7-8-15(12)17)26-20(29)16-11-25-27(19(16)21(22,23)24)14-5-3-2-4-6-14/h2-11H,1H3,(H,26,29). The Labute approximate surface area is 167 Å². The van der Waals surface area contributed by atoms with Crippen LogP contribution in [0.4, 0.5) is 18.9 Å². The molecule has 0 bridgehead atoms. The molecule has 0 aliphatic heterocycles. The van der Waals surface area contributed by atoms with Crippen molar-refractivity contribution in [2.75, 3.05) is 5.32 Å². The number of hydrogen-bond acceptors (Lipinski definition) is 4. The van der Waals surface area contributed by atoms with Gasteiger partial charge in [0.25, 0.3) is 5.91 Å². The summed E-state index contributed by atoms with van der Waals surface area (Å²) in [6.07, 6.45) is -3.94. The number of hydrogen-bond donors (Lipinski definition) is 1. The van der Waals surface area contributed by atoms with Gasteiger partial charge in [-0.15, -0.1) is 0 Å². The Morgan fingerprint density at radius 2 is 1.83 bits per heavy atom. The van der Waals surface area contributed by atoms with Gasteiger partial charge in [-0.05, 0) is 36.8 Å². The Hall–Kier alpha value is -3.88. The van der Waals surface area contributed by atoms with Gasteiger partial charge in [-0.1, -0.05) is 18.2 Å². The van der Waals surface area contributed by atoms with Crippen molar-refractivity contribution in [2.24, 2.45) is 0 Å². The molecule has 152 valence electrons. The lowest BCUT2D eigenvalue weighted by Gasteiger charge is -2.13. The molecule has 0 unspecified atom stereocenters. The van der Waals surface area contributed by atoms with Gasteiger partial charge in [0.1, 0.15) is 5.58 Å². The average Bonchev–Trinajstić information content (AvgIpc) is 3.14. The molecule has 0 saturated heterocycles. The average molecular weight is 413 g/mol. The van der Waals surface area contributed by atoms with E-state index in [2.05, 4.69) is 10.4 Å². The van der Waals surface area contributed by atoms with Gasteiger partial charge in [0.05, 0.1) is 17.4 Å². The van der Waals surface area contributed by atoms with Crippen LogP contribution in [0.1, 0.15) is 21.6 Å². The van der Waals surface area contributed by atoms with Crippen LogP contribution in [0.2, 0.25) is 0 Å². The number of anilines is 1. The van der Waals surface area contributed by atoms with E-state index in [9.17, 15) is 22.8 Å². The maximum atomic E-state index is 13.7. The summed E-state index contributed by atoms with van der Waals surface area (Å²) in [5, 5.41) is 6.83. The van der Waals surface area contributed by atoms with Crippen molar-refractivity contribution in [2.45, 2.75) is 13.1 Å². The first kappa shape index (κ1) is 19.4. The van der Waals surface area contributed by atoms with E-state index in [0.29, 0.717) is 15.6 Å². The van der Waals surface area contributed by atoms with E-state index in [0.717, 1.165) is 6.20 Å². The summed E-state index contributed by atoms with van der Waals surface area (Å²) in [7, 11) is 0. The number of carbonyl (C=O) groups excluding carboxylic acids is 1. The van der Waals surface area contributed by atoms with Gasteiger partial charge in [0, 0.05) is 23.2 Å². The molecule has 2 heterocycles. The molecule has 4 rings (SSSR count). The second kappa shape index (κ2) is 7.18. The number of carbonyl (C=O) groups is 1. The second-order valence-corrected chi connectivity index (χ2v) is 6.57. The zero-order valence-electron chi connectivity index (χ0n) is 15.5. The summed E-state index contributed by atoms with van der Waals surface area (Å²) >= 11 is 0. The molecule has 4 aromatic rings. The second-order valence-electron chi connectivity index (χ2n) is 6.57. The highest BCUT2D eigenvalue weighted by Gasteiger charge is 2.40. The summed E-state index contributed by atoms with van der Waals surface area (Å²) < 4.78 is 47.0. The molecule has 1 amide bonds. The van der Waals surface area contributed by atoms with Crippen LogP contribution in [0.3, 0.4) is 0 Å². The molecule has 9 heteroatoms. The van der Waals surface area contributed by atoms with Crippen LogP contribution in [0.25, 0.3) is 16.7 Å². The number of nitrogens with one attached hydrogen (secondary N) is 1. The van der Waals surface area contributed by atoms with Crippen molar-refractivity contribution in [3.63, 3.8) is 0 Å². The first-order chi connectivity index (χ1) is 14.2. The van der Waals surface area contributed by atoms with Crippen LogP contribution in [-0.4, -0.2) is 15.7 Å². The monoisotopic (exact) mass is 413 g/mol. The van der Waals surface area contributed by atoms with Crippen molar-refractivity contribution in [1.29, 1.82) is 0 Å². The van der Waals surface area contributed by atoms with E-state index in [1.54, 1.807) is 31.2 Å². The fourth-order valence-corrected chi connectivity index (χ4v) is 3.15. The number of alkyl halides is 3. The van der Waals surface area contributed by atoms with Crippen LogP contribution >= 0.6 is 0 Å². The fraction of sp³-hybridized carbons (Fsp3) is 0.0952. The maximum Gasteiger partial charge on any atom is 0.434 e. The van der Waals surface area contributed by atoms with Crippen LogP contribution in [0.5, 0.6) is 0 Å². The smallest absolute Gasteiger partial charge is 0.423 e. The van der Waals surface area contributed by atoms with Gasteiger partial charge >= 0.3 is 11.8 Å². The quantitative estimate of drug-likeness (QED) is 0.500. The lowest BCUT2D eigenvalue weighted by Crippen LogP contribution is -2.20. The molecular weight excluding hydrogens is 399 g/mol. The molecule has 0 saturated carbocycles. The summed E-state index contributed by atoms with van der Waals surface area (Å²) in [6, 6.07) is 13.6. The summed E-state index contributed by atoms with van der Waals surface area (Å²) in [5.41, 5.74) is -1.12. The summed E-state index contributed by atoms with van der Waals surface area (Å²) in [6.45, 7) is 1.73. The van der Waals surface area contributed by atoms with Gasteiger partial charge in [-0.25, -0.2) is 9.48 Å². The van der Waals surface area contributed by atoms with Crippen molar-refractivity contribution in [3.8, 4) is 5.69 Å². The number of aryl methyl sites for hydroxylation is 1. The lowest BCUT2D eigenvalue weighted by atomic mass is 10.1. The Bertz CT molecular complexity index is 1310. The van der Waals surface area contributed by atoms with Crippen molar-refractivity contribution in [1.82, 2.24) is 9.78 Å². The molecule has 6 nitrogen and oxygen atoms in total. The van der Waals surface area contributed by atoms with Gasteiger partial charge in [0.15, 0.2) is 5.69 Å². The van der Waals surface area contributed by atoms with Crippen LogP contribution < -0.4 is 10.9 Å². The van der Waals surface area contributed by atoms with E-state index in [4.69, 9.17) is 4.42 Å². The molecule has 1 N–H and O–H groups in total. The van der Waals surface area contributed by atoms with Crippen molar-refractivity contribution in [3.05, 3.63) is 88.0 Å². The Morgan fingerprint density at radius 1 is 1.10 bits per heavy atom. The number of nitrogens with zero attached hydrogens (tertiary/aromatic N) is 2. The third-order valence-corrected chi connectivity index (χ3v) is 4.49. The van der Waals surface area contributed by atoms with Crippen LogP contribution in [0.15, 0.2) is 70.0 Å². The molecule has 30 heavy (non-hydrogen) atoms. The number of rotatable bonds is 3. The fourth-order valence-electron chi connectivity index (χ4n) is 3.15. The van der Waals surface area contributed by atoms with E-state index >= 15 is 0 Å². The highest BCUT2D eigenvalue weighted by molar-refractivity contribution is 6.05. The zero-order valence-corrected chi connectivity index (χ0v) is 15.5. The van der Waals surface area contributed by atoms with Gasteiger partial charge in [-0.2, -0.15) is 18.3 Å². The largest absolute Gasteiger partial charge is 0.434 e. The first-order valence-electron chi connectivity index (χ1n) is 8.80. The lowest BCUT2D eigenvalue weighted by molar-refractivity contribution is -0.143. The predicted molar refractivity (Wildman–Crippen MR) is 104 cm³/mol. The molecule has 0 aliphatic rings. The third kappa shape index (κ3) is 3.57. The van der Waals surface area contributed by atoms with E-state index in [1.807, 2.05) is 0 Å². The number of aromatic nitrogens is 2. The number of fused-ring (bicyclic) bond motifs is 1. The molecule has 0 aliphatic carbocycles. The van der Waals surface area contributed by atoms with Gasteiger partial charge in [-0.3, -0.25) is 4.79 Å². The van der Waals surface area contributed by atoms with E-state index < -0.39 is 29.0 Å². The minimum absolute atomic E-state index is 0.173. The highest BCUT2D eigenvalue weighted by atomic mass is 19.4. The van der Waals surface area contributed by atoms with E-state index in [-0.39, 0.29) is 17.0 Å². The molecule has 2 aromatic carbocycles. The topological polar surface area (TPSA) is 77.1 Å². The Kier molecular flexibility index (Phi) is 4.65. The third-order valence-electron chi connectivity index (χ3n) is 4.49. The maximum absolute atomic E-state index is 13.7. The Balaban J connectivity index is 1.73. The van der Waals surface area contributed by atoms with E-state index in [1.165, 1.54) is 30.3 Å². The molecule has 0 radical (unpaired) electrons. The molecule has 0 atom stereocenters. The van der Waals surface area contributed by atoms with Crippen LogP contribution in [-0.2, 0) is 6.18 Å². The number of benzene rings is 2. The number of para-hydroxylation sites is 1. The van der Waals surface area contributed by atoms with Gasteiger partial charge in [0.2, 0.25) is 0 Å². The molecule has 0 spiro atoms. The molecular formula is C21H14F3N3O3. The zero-order chi connectivity index (χ0) is 21.5. The Morgan fingerprint density at radius 3 is 2.53 bits per heavy atom. The number of amides is 1.